The molecule has 1 aromatic carbocycles. The van der Waals surface area contributed by atoms with Crippen LogP contribution in [-0.2, 0) is 22.6 Å². The van der Waals surface area contributed by atoms with Crippen LogP contribution in [0.1, 0.15) is 49.4 Å². The molecule has 0 radical (unpaired) electrons. The minimum Gasteiger partial charge on any atom is -0.497 e. The Labute approximate surface area is 171 Å². The highest BCUT2D eigenvalue weighted by atomic mass is 16.5. The Balaban J connectivity index is 1.70. The number of benzene rings is 1. The number of aromatic nitrogens is 1. The zero-order valence-corrected chi connectivity index (χ0v) is 17.7. The first-order valence-corrected chi connectivity index (χ1v) is 9.70. The Hall–Kier alpha value is -2.80. The van der Waals surface area contributed by atoms with Crippen LogP contribution < -0.4 is 4.74 Å². The molecule has 0 fully saturated rings. The maximum atomic E-state index is 12.1. The van der Waals surface area contributed by atoms with Gasteiger partial charge in [0.15, 0.2) is 6.23 Å². The van der Waals surface area contributed by atoms with Crippen LogP contribution in [-0.4, -0.2) is 41.0 Å². The van der Waals surface area contributed by atoms with Crippen molar-refractivity contribution in [3.05, 3.63) is 46.6 Å². The van der Waals surface area contributed by atoms with E-state index in [1.807, 2.05) is 52.0 Å². The first-order chi connectivity index (χ1) is 13.7. The number of esters is 1. The predicted octanol–water partition coefficient (Wildman–Crippen LogP) is 3.63. The Morgan fingerprint density at radius 2 is 1.97 bits per heavy atom. The molecule has 3 rings (SSSR count). The van der Waals surface area contributed by atoms with Gasteiger partial charge in [0.2, 0.25) is 0 Å². The van der Waals surface area contributed by atoms with Crippen LogP contribution in [0.3, 0.4) is 0 Å². The largest absolute Gasteiger partial charge is 0.497 e. The normalized spacial score (nSPS) is 15.9. The van der Waals surface area contributed by atoms with E-state index in [1.165, 1.54) is 0 Å². The van der Waals surface area contributed by atoms with Gasteiger partial charge in [-0.3, -0.25) is 4.79 Å². The number of hydrogen-bond donors (Lipinski definition) is 2. The molecule has 0 saturated heterocycles. The molecule has 1 aliphatic heterocycles. The van der Waals surface area contributed by atoms with Crippen molar-refractivity contribution in [3.8, 4) is 5.75 Å². The second kappa shape index (κ2) is 8.29. The second-order valence-corrected chi connectivity index (χ2v) is 8.27. The fourth-order valence-corrected chi connectivity index (χ4v) is 3.18. The van der Waals surface area contributed by atoms with Gasteiger partial charge in [0.1, 0.15) is 18.2 Å². The van der Waals surface area contributed by atoms with Gasteiger partial charge in [-0.05, 0) is 51.8 Å². The number of fused-ring (bicyclic) bond motifs is 1. The van der Waals surface area contributed by atoms with Crippen LogP contribution in [0.5, 0.6) is 5.75 Å². The summed E-state index contributed by atoms with van der Waals surface area (Å²) < 4.78 is 10.7. The van der Waals surface area contributed by atoms with Crippen LogP contribution in [0.4, 0.5) is 5.82 Å². The maximum absolute atomic E-state index is 12.1. The van der Waals surface area contributed by atoms with E-state index in [-0.39, 0.29) is 12.6 Å². The molecule has 2 N–H and O–H groups in total. The van der Waals surface area contributed by atoms with E-state index in [2.05, 4.69) is 9.98 Å². The summed E-state index contributed by atoms with van der Waals surface area (Å²) in [6.07, 6.45) is 1.55. The van der Waals surface area contributed by atoms with E-state index in [0.717, 1.165) is 29.0 Å². The number of rotatable bonds is 6. The van der Waals surface area contributed by atoms with Crippen molar-refractivity contribution < 1.29 is 19.4 Å². The van der Waals surface area contributed by atoms with Crippen molar-refractivity contribution in [1.82, 2.24) is 9.88 Å². The molecule has 1 unspecified atom stereocenters. The fraction of sp³-hybridized carbons (Fsp3) is 0.455. The molecule has 1 aromatic heterocycles. The number of carbonyl (C=O) groups excluding carboxylic acids is 1. The number of hydrogen-bond acceptors (Lipinski definition) is 6. The first kappa shape index (κ1) is 20.9. The van der Waals surface area contributed by atoms with Crippen LogP contribution in [0.25, 0.3) is 0 Å². The lowest BCUT2D eigenvalue weighted by molar-refractivity contribution is -0.154. The van der Waals surface area contributed by atoms with E-state index >= 15 is 0 Å². The van der Waals surface area contributed by atoms with Gasteiger partial charge < -0.3 is 24.5 Å². The highest BCUT2D eigenvalue weighted by Gasteiger charge is 2.30. The average Bonchev–Trinajstić information content (AvgIpc) is 3.01. The highest BCUT2D eigenvalue weighted by Crippen LogP contribution is 2.36. The van der Waals surface area contributed by atoms with E-state index in [9.17, 15) is 9.90 Å². The number of aromatic amines is 1. The van der Waals surface area contributed by atoms with Gasteiger partial charge in [-0.1, -0.05) is 12.1 Å². The van der Waals surface area contributed by atoms with E-state index < -0.39 is 11.6 Å². The molecule has 7 nitrogen and oxygen atoms in total. The number of methoxy groups -OCH3 is 1. The molecular formula is C22H29N3O4. The second-order valence-electron chi connectivity index (χ2n) is 8.27. The number of ether oxygens (including phenoxy) is 2. The summed E-state index contributed by atoms with van der Waals surface area (Å²) >= 11 is 0. The lowest BCUT2D eigenvalue weighted by Crippen LogP contribution is -2.32. The van der Waals surface area contributed by atoms with Gasteiger partial charge in [0, 0.05) is 17.8 Å². The minimum absolute atomic E-state index is 0.104. The number of carbonyl (C=O) groups is 1. The minimum atomic E-state index is -0.853. The fourth-order valence-electron chi connectivity index (χ4n) is 3.18. The summed E-state index contributed by atoms with van der Waals surface area (Å²) in [6, 6.07) is 7.86. The third kappa shape index (κ3) is 4.62. The van der Waals surface area contributed by atoms with Crippen molar-refractivity contribution in [1.29, 1.82) is 0 Å². The molecule has 0 aliphatic carbocycles. The molecule has 156 valence electrons. The van der Waals surface area contributed by atoms with Gasteiger partial charge in [-0.25, -0.2) is 4.99 Å². The summed E-state index contributed by atoms with van der Waals surface area (Å²) in [6.45, 7) is 8.04. The lowest BCUT2D eigenvalue weighted by atomic mass is 9.97. The molecule has 7 heteroatoms. The lowest BCUT2D eigenvalue weighted by Gasteiger charge is -2.29. The molecule has 2 aromatic rings. The third-order valence-electron chi connectivity index (χ3n) is 5.02. The summed E-state index contributed by atoms with van der Waals surface area (Å²) in [5.41, 5.74) is 2.84. The zero-order valence-electron chi connectivity index (χ0n) is 17.7. The number of nitrogens with one attached hydrogen (secondary N) is 1. The Morgan fingerprint density at radius 1 is 1.28 bits per heavy atom. The molecule has 0 saturated carbocycles. The molecular weight excluding hydrogens is 370 g/mol. The Morgan fingerprint density at radius 3 is 2.59 bits per heavy atom. The highest BCUT2D eigenvalue weighted by molar-refractivity contribution is 5.75. The SMILES string of the molecule is COc1ccc(CCN2C=Nc3[nH]c(C)c(COC(=O)C(C)(C)C)c3C2O)cc1. The van der Waals surface area contributed by atoms with Crippen molar-refractivity contribution >= 4 is 18.1 Å². The third-order valence-corrected chi connectivity index (χ3v) is 5.02. The smallest absolute Gasteiger partial charge is 0.311 e. The van der Waals surface area contributed by atoms with Gasteiger partial charge in [-0.15, -0.1) is 0 Å². The van der Waals surface area contributed by atoms with Crippen LogP contribution in [0.2, 0.25) is 0 Å². The molecule has 1 atom stereocenters. The Kier molecular flexibility index (Phi) is 5.98. The van der Waals surface area contributed by atoms with Gasteiger partial charge in [0.05, 0.1) is 24.4 Å². The number of aliphatic imine (C=N–C) groups is 1. The van der Waals surface area contributed by atoms with Crippen molar-refractivity contribution in [2.45, 2.75) is 47.0 Å². The standard InChI is InChI=1S/C22H29N3O4/c1-14-17(12-29-21(27)22(2,3)4)18-19(24-14)23-13-25(20(18)26)11-10-15-6-8-16(28-5)9-7-15/h6-9,13,20,24,26H,10-12H2,1-5H3. The van der Waals surface area contributed by atoms with E-state index in [4.69, 9.17) is 9.47 Å². The number of aryl methyl sites for hydroxylation is 1. The number of nitrogens with zero attached hydrogens (tertiary/aromatic N) is 2. The van der Waals surface area contributed by atoms with E-state index in [1.54, 1.807) is 18.3 Å². The molecule has 1 aliphatic rings. The first-order valence-electron chi connectivity index (χ1n) is 9.70. The predicted molar refractivity (Wildman–Crippen MR) is 111 cm³/mol. The summed E-state index contributed by atoms with van der Waals surface area (Å²) in [5.74, 6) is 1.14. The quantitative estimate of drug-likeness (QED) is 0.725. The van der Waals surface area contributed by atoms with Gasteiger partial charge in [0.25, 0.3) is 0 Å². The van der Waals surface area contributed by atoms with Crippen LogP contribution in [0, 0.1) is 12.3 Å². The maximum Gasteiger partial charge on any atom is 0.311 e. The molecule has 29 heavy (non-hydrogen) atoms. The van der Waals surface area contributed by atoms with Crippen LogP contribution in [0.15, 0.2) is 29.3 Å². The molecule has 0 amide bonds. The molecule has 0 spiro atoms. The molecule has 2 heterocycles. The summed E-state index contributed by atoms with van der Waals surface area (Å²) in [7, 11) is 1.64. The zero-order chi connectivity index (χ0) is 21.2. The van der Waals surface area contributed by atoms with Crippen molar-refractivity contribution in [3.63, 3.8) is 0 Å². The van der Waals surface area contributed by atoms with Crippen LogP contribution >= 0.6 is 0 Å². The Bertz CT molecular complexity index is 894. The summed E-state index contributed by atoms with van der Waals surface area (Å²) in [5, 5.41) is 11.0. The number of aliphatic hydroxyl groups excluding tert-OH is 1. The van der Waals surface area contributed by atoms with Gasteiger partial charge >= 0.3 is 5.97 Å². The number of aliphatic hydroxyl groups is 1. The van der Waals surface area contributed by atoms with E-state index in [0.29, 0.717) is 17.9 Å². The molecule has 0 bridgehead atoms. The van der Waals surface area contributed by atoms with Gasteiger partial charge in [-0.2, -0.15) is 0 Å². The van der Waals surface area contributed by atoms with Crippen molar-refractivity contribution in [2.75, 3.05) is 13.7 Å². The monoisotopic (exact) mass is 399 g/mol. The average molecular weight is 399 g/mol. The van der Waals surface area contributed by atoms with Crippen molar-refractivity contribution in [2.24, 2.45) is 10.4 Å². The topological polar surface area (TPSA) is 87.1 Å². The number of H-pyrrole nitrogens is 1. The summed E-state index contributed by atoms with van der Waals surface area (Å²) in [4.78, 5) is 21.6.